The van der Waals surface area contributed by atoms with Crippen LogP contribution in [0.25, 0.3) is 0 Å². The summed E-state index contributed by atoms with van der Waals surface area (Å²) in [6.07, 6.45) is -1.69. The summed E-state index contributed by atoms with van der Waals surface area (Å²) in [6, 6.07) is 4.49. The average Bonchev–Trinajstić information content (AvgIpc) is 2.25. The first-order valence-electron chi connectivity index (χ1n) is 4.19. The van der Waals surface area contributed by atoms with Gasteiger partial charge in [-0.1, -0.05) is 0 Å². The third-order valence-corrected chi connectivity index (χ3v) is 2.05. The van der Waals surface area contributed by atoms with Crippen molar-refractivity contribution in [2.45, 2.75) is 6.29 Å². The number of benzene rings is 1. The highest BCUT2D eigenvalue weighted by Crippen LogP contribution is 2.35. The van der Waals surface area contributed by atoms with Crippen molar-refractivity contribution in [2.24, 2.45) is 0 Å². The second-order valence-electron chi connectivity index (χ2n) is 2.95. The molecule has 1 aliphatic rings. The molecule has 0 aromatic heterocycles. The number of hydrogen-bond donors (Lipinski definition) is 2. The van der Waals surface area contributed by atoms with Crippen molar-refractivity contribution in [3.8, 4) is 11.5 Å². The summed E-state index contributed by atoms with van der Waals surface area (Å²) >= 11 is 0. The van der Waals surface area contributed by atoms with E-state index in [4.69, 9.17) is 14.6 Å². The van der Waals surface area contributed by atoms with Crippen LogP contribution < -0.4 is 14.5 Å². The van der Waals surface area contributed by atoms with Gasteiger partial charge in [-0.25, -0.2) is 0 Å². The number of amides is 1. The van der Waals surface area contributed by atoms with Crippen molar-refractivity contribution in [3.05, 3.63) is 18.2 Å². The summed E-state index contributed by atoms with van der Waals surface area (Å²) in [5.74, 6) is -0.236. The van der Waals surface area contributed by atoms with Crippen LogP contribution in [0.2, 0.25) is 0 Å². The lowest BCUT2D eigenvalue weighted by Gasteiger charge is -2.27. The van der Waals surface area contributed by atoms with Crippen LogP contribution in [0.15, 0.2) is 18.2 Å². The molecule has 1 aromatic carbocycles. The number of ether oxygens (including phenoxy) is 2. The number of methoxy groups -OCH3 is 1. The number of aliphatic hydroxyl groups excluding tert-OH is 1. The number of hydrogen-bond acceptors (Lipinski definition) is 5. The van der Waals surface area contributed by atoms with Gasteiger partial charge in [-0.15, -0.1) is 0 Å². The standard InChI is InChI=1S/C9H9NO5/c1-14-5-2-3-6-7(4-5)15-9(12)8(11)10(6)13/h2-4,9,12-13H,1H3/t9-/m1/s1. The molecule has 6 heteroatoms. The highest BCUT2D eigenvalue weighted by Gasteiger charge is 2.32. The fourth-order valence-corrected chi connectivity index (χ4v) is 1.28. The molecule has 0 saturated carbocycles. The van der Waals surface area contributed by atoms with E-state index in [0.717, 1.165) is 0 Å². The summed E-state index contributed by atoms with van der Waals surface area (Å²) in [4.78, 5) is 11.1. The highest BCUT2D eigenvalue weighted by atomic mass is 16.6. The summed E-state index contributed by atoms with van der Waals surface area (Å²) in [5, 5.41) is 18.9. The molecular weight excluding hydrogens is 202 g/mol. The van der Waals surface area contributed by atoms with Gasteiger partial charge in [0, 0.05) is 6.07 Å². The lowest BCUT2D eigenvalue weighted by atomic mass is 10.2. The van der Waals surface area contributed by atoms with Crippen LogP contribution in [0.5, 0.6) is 11.5 Å². The number of fused-ring (bicyclic) bond motifs is 1. The Bertz CT molecular complexity index is 405. The molecule has 0 unspecified atom stereocenters. The Morgan fingerprint density at radius 3 is 2.93 bits per heavy atom. The quantitative estimate of drug-likeness (QED) is 0.645. The van der Waals surface area contributed by atoms with Crippen LogP contribution in [0.1, 0.15) is 0 Å². The van der Waals surface area contributed by atoms with E-state index >= 15 is 0 Å². The Balaban J connectivity index is 2.45. The first-order chi connectivity index (χ1) is 7.13. The molecule has 2 rings (SSSR count). The van der Waals surface area contributed by atoms with Crippen LogP contribution in [0.4, 0.5) is 5.69 Å². The van der Waals surface area contributed by atoms with Gasteiger partial charge in [0.1, 0.15) is 11.4 Å². The molecule has 15 heavy (non-hydrogen) atoms. The SMILES string of the molecule is COc1ccc2c(c1)O[C@@H](O)C(=O)N2O. The second-order valence-corrected chi connectivity index (χ2v) is 2.95. The fourth-order valence-electron chi connectivity index (χ4n) is 1.28. The van der Waals surface area contributed by atoms with Gasteiger partial charge >= 0.3 is 5.91 Å². The maximum atomic E-state index is 11.1. The van der Waals surface area contributed by atoms with E-state index in [2.05, 4.69) is 0 Å². The van der Waals surface area contributed by atoms with Gasteiger partial charge in [-0.05, 0) is 12.1 Å². The smallest absolute Gasteiger partial charge is 0.320 e. The molecule has 0 spiro atoms. The predicted octanol–water partition coefficient (Wildman–Crippen LogP) is 0.128. The first kappa shape index (κ1) is 9.75. The van der Waals surface area contributed by atoms with Gasteiger partial charge in [-0.2, -0.15) is 5.06 Å². The minimum Gasteiger partial charge on any atom is -0.497 e. The summed E-state index contributed by atoms with van der Waals surface area (Å²) in [7, 11) is 1.48. The third kappa shape index (κ3) is 1.49. The zero-order chi connectivity index (χ0) is 11.0. The molecule has 6 nitrogen and oxygen atoms in total. The van der Waals surface area contributed by atoms with Crippen molar-refractivity contribution in [1.82, 2.24) is 0 Å². The van der Waals surface area contributed by atoms with Crippen molar-refractivity contribution in [3.63, 3.8) is 0 Å². The number of carbonyl (C=O) groups is 1. The summed E-state index contributed by atoms with van der Waals surface area (Å²) < 4.78 is 9.81. The van der Waals surface area contributed by atoms with E-state index in [-0.39, 0.29) is 11.4 Å². The Labute approximate surface area is 85.2 Å². The Hall–Kier alpha value is -1.79. The molecule has 2 N–H and O–H groups in total. The third-order valence-electron chi connectivity index (χ3n) is 2.05. The van der Waals surface area contributed by atoms with Crippen molar-refractivity contribution < 1.29 is 24.6 Å². The van der Waals surface area contributed by atoms with E-state index in [0.29, 0.717) is 10.8 Å². The second kappa shape index (κ2) is 3.41. The summed E-state index contributed by atoms with van der Waals surface area (Å²) in [6.45, 7) is 0. The minimum atomic E-state index is -1.69. The zero-order valence-electron chi connectivity index (χ0n) is 7.88. The maximum Gasteiger partial charge on any atom is 0.320 e. The Morgan fingerprint density at radius 1 is 1.53 bits per heavy atom. The highest BCUT2D eigenvalue weighted by molar-refractivity contribution is 5.96. The molecule has 0 radical (unpaired) electrons. The lowest BCUT2D eigenvalue weighted by Crippen LogP contribution is -2.43. The van der Waals surface area contributed by atoms with Gasteiger partial charge in [0.05, 0.1) is 7.11 Å². The number of anilines is 1. The molecule has 1 aliphatic heterocycles. The van der Waals surface area contributed by atoms with Gasteiger partial charge in [0.15, 0.2) is 5.75 Å². The maximum absolute atomic E-state index is 11.1. The Morgan fingerprint density at radius 2 is 2.27 bits per heavy atom. The van der Waals surface area contributed by atoms with E-state index in [1.54, 1.807) is 6.07 Å². The van der Waals surface area contributed by atoms with Crippen LogP contribution in [0, 0.1) is 0 Å². The minimum absolute atomic E-state index is 0.172. The monoisotopic (exact) mass is 211 g/mol. The molecule has 1 atom stereocenters. The largest absolute Gasteiger partial charge is 0.497 e. The normalized spacial score (nSPS) is 19.5. The predicted molar refractivity (Wildman–Crippen MR) is 48.9 cm³/mol. The van der Waals surface area contributed by atoms with Crippen molar-refractivity contribution >= 4 is 11.6 Å². The zero-order valence-corrected chi connectivity index (χ0v) is 7.88. The molecule has 0 saturated heterocycles. The van der Waals surface area contributed by atoms with E-state index in [1.165, 1.54) is 19.2 Å². The van der Waals surface area contributed by atoms with Crippen molar-refractivity contribution in [2.75, 3.05) is 12.2 Å². The molecule has 1 amide bonds. The van der Waals surface area contributed by atoms with Gasteiger partial charge < -0.3 is 14.6 Å². The fraction of sp³-hybridized carbons (Fsp3) is 0.222. The molecule has 0 aliphatic carbocycles. The number of nitrogens with zero attached hydrogens (tertiary/aromatic N) is 1. The lowest BCUT2D eigenvalue weighted by molar-refractivity contribution is -0.148. The van der Waals surface area contributed by atoms with Crippen LogP contribution in [-0.4, -0.2) is 29.6 Å². The molecule has 0 bridgehead atoms. The average molecular weight is 211 g/mol. The topological polar surface area (TPSA) is 79.2 Å². The van der Waals surface area contributed by atoms with Crippen molar-refractivity contribution in [1.29, 1.82) is 0 Å². The molecule has 80 valence electrons. The Kier molecular flexibility index (Phi) is 2.22. The molecule has 1 heterocycles. The molecule has 1 aromatic rings. The van der Waals surface area contributed by atoms with Crippen LogP contribution in [0.3, 0.4) is 0 Å². The summed E-state index contributed by atoms with van der Waals surface area (Å²) in [5.41, 5.74) is 0.172. The number of aliphatic hydroxyl groups is 1. The molecule has 0 fully saturated rings. The number of rotatable bonds is 1. The van der Waals surface area contributed by atoms with Gasteiger partial charge in [0.2, 0.25) is 0 Å². The van der Waals surface area contributed by atoms with Gasteiger partial charge in [-0.3, -0.25) is 10.0 Å². The van der Waals surface area contributed by atoms with Gasteiger partial charge in [0.25, 0.3) is 6.29 Å². The number of hydroxylamine groups is 1. The van der Waals surface area contributed by atoms with E-state index in [1.807, 2.05) is 0 Å². The van der Waals surface area contributed by atoms with Crippen LogP contribution >= 0.6 is 0 Å². The molecular formula is C9H9NO5. The first-order valence-corrected chi connectivity index (χ1v) is 4.19. The van der Waals surface area contributed by atoms with Crippen LogP contribution in [-0.2, 0) is 4.79 Å². The van der Waals surface area contributed by atoms with E-state index in [9.17, 15) is 10.0 Å². The number of carbonyl (C=O) groups excluding carboxylic acids is 1. The van der Waals surface area contributed by atoms with E-state index < -0.39 is 12.2 Å².